The lowest BCUT2D eigenvalue weighted by Crippen LogP contribution is -2.47. The first-order valence-corrected chi connectivity index (χ1v) is 10.0. The van der Waals surface area contributed by atoms with Gasteiger partial charge in [0.05, 0.1) is 36.3 Å². The number of ether oxygens (including phenoxy) is 1. The number of aromatic nitrogens is 2. The maximum Gasteiger partial charge on any atom is 0.310 e. The zero-order chi connectivity index (χ0) is 21.7. The van der Waals surface area contributed by atoms with Crippen molar-refractivity contribution in [2.45, 2.75) is 26.3 Å². The number of piperidine rings is 1. The molecule has 1 aliphatic rings. The molecule has 160 valence electrons. The van der Waals surface area contributed by atoms with Crippen LogP contribution in [0.1, 0.15) is 19.8 Å². The second-order valence-corrected chi connectivity index (χ2v) is 7.35. The first kappa shape index (κ1) is 21.5. The zero-order valence-electron chi connectivity index (χ0n) is 17.2. The predicted molar refractivity (Wildman–Crippen MR) is 110 cm³/mol. The van der Waals surface area contributed by atoms with E-state index in [2.05, 4.69) is 4.98 Å². The van der Waals surface area contributed by atoms with Gasteiger partial charge >= 0.3 is 5.97 Å². The highest BCUT2D eigenvalue weighted by molar-refractivity contribution is 5.86. The molecule has 1 saturated heterocycles. The Morgan fingerprint density at radius 3 is 2.80 bits per heavy atom. The molecule has 1 unspecified atom stereocenters. The lowest BCUT2D eigenvalue weighted by molar-refractivity contribution is -0.152. The van der Waals surface area contributed by atoms with E-state index in [9.17, 15) is 19.2 Å². The van der Waals surface area contributed by atoms with Gasteiger partial charge in [0.1, 0.15) is 6.54 Å². The number of carbonyl (C=O) groups is 3. The van der Waals surface area contributed by atoms with Crippen LogP contribution in [-0.4, -0.2) is 70.4 Å². The molecule has 0 radical (unpaired) electrons. The third-order valence-corrected chi connectivity index (χ3v) is 5.24. The van der Waals surface area contributed by atoms with Gasteiger partial charge in [0.2, 0.25) is 11.8 Å². The van der Waals surface area contributed by atoms with E-state index in [0.29, 0.717) is 43.6 Å². The van der Waals surface area contributed by atoms with E-state index < -0.39 is 0 Å². The van der Waals surface area contributed by atoms with E-state index in [4.69, 9.17) is 4.74 Å². The number of rotatable bonds is 6. The molecule has 0 bridgehead atoms. The Kier molecular flexibility index (Phi) is 6.81. The van der Waals surface area contributed by atoms with Crippen molar-refractivity contribution in [2.75, 3.05) is 33.3 Å². The molecule has 30 heavy (non-hydrogen) atoms. The number of likely N-dealkylation sites (tertiary alicyclic amines) is 1. The summed E-state index contributed by atoms with van der Waals surface area (Å²) in [5.74, 6) is -1.21. The van der Waals surface area contributed by atoms with Gasteiger partial charge in [-0.3, -0.25) is 23.7 Å². The summed E-state index contributed by atoms with van der Waals surface area (Å²) in [5.41, 5.74) is 0.795. The average molecular weight is 414 g/mol. The van der Waals surface area contributed by atoms with Gasteiger partial charge in [-0.05, 0) is 31.9 Å². The molecule has 0 saturated carbocycles. The molecule has 9 nitrogen and oxygen atoms in total. The topological polar surface area (TPSA) is 102 Å². The van der Waals surface area contributed by atoms with Gasteiger partial charge in [0.25, 0.3) is 5.56 Å². The average Bonchev–Trinajstić information content (AvgIpc) is 2.75. The number of benzene rings is 1. The van der Waals surface area contributed by atoms with Crippen molar-refractivity contribution in [1.82, 2.24) is 19.4 Å². The van der Waals surface area contributed by atoms with E-state index in [1.54, 1.807) is 36.1 Å². The van der Waals surface area contributed by atoms with Crippen molar-refractivity contribution in [3.8, 4) is 0 Å². The SMILES string of the molecule is CCOC(=O)C1CCCN(C(=O)CN(C)C(=O)Cn2c(=O)cnc3ccccc32)C1. The van der Waals surface area contributed by atoms with E-state index in [0.717, 1.165) is 0 Å². The first-order chi connectivity index (χ1) is 14.4. The number of carbonyl (C=O) groups excluding carboxylic acids is 3. The fraction of sp³-hybridized carbons (Fsp3) is 0.476. The molecule has 2 aromatic rings. The molecular weight excluding hydrogens is 388 g/mol. The Morgan fingerprint density at radius 1 is 1.27 bits per heavy atom. The van der Waals surface area contributed by atoms with Crippen molar-refractivity contribution >= 4 is 28.8 Å². The summed E-state index contributed by atoms with van der Waals surface area (Å²) in [5, 5.41) is 0. The zero-order valence-corrected chi connectivity index (χ0v) is 17.2. The molecule has 1 fully saturated rings. The lowest BCUT2D eigenvalue weighted by atomic mass is 9.98. The van der Waals surface area contributed by atoms with Crippen molar-refractivity contribution in [3.05, 3.63) is 40.8 Å². The molecule has 1 aliphatic heterocycles. The Balaban J connectivity index is 1.63. The van der Waals surface area contributed by atoms with Gasteiger partial charge in [0, 0.05) is 20.1 Å². The van der Waals surface area contributed by atoms with Crippen molar-refractivity contribution in [1.29, 1.82) is 0 Å². The van der Waals surface area contributed by atoms with Gasteiger partial charge in [-0.2, -0.15) is 0 Å². The fourth-order valence-corrected chi connectivity index (χ4v) is 3.58. The monoisotopic (exact) mass is 414 g/mol. The van der Waals surface area contributed by atoms with E-state index in [1.807, 2.05) is 0 Å². The predicted octanol–water partition coefficient (Wildman–Crippen LogP) is 0.657. The van der Waals surface area contributed by atoms with Gasteiger partial charge in [0.15, 0.2) is 0 Å². The number of hydrogen-bond donors (Lipinski definition) is 0. The molecular formula is C21H26N4O5. The molecule has 2 heterocycles. The molecule has 2 amide bonds. The normalized spacial score (nSPS) is 16.3. The third-order valence-electron chi connectivity index (χ3n) is 5.24. The van der Waals surface area contributed by atoms with E-state index in [-0.39, 0.29) is 42.4 Å². The highest BCUT2D eigenvalue weighted by Gasteiger charge is 2.30. The molecule has 0 aliphatic carbocycles. The fourth-order valence-electron chi connectivity index (χ4n) is 3.58. The third kappa shape index (κ3) is 4.84. The number of hydrogen-bond acceptors (Lipinski definition) is 6. The number of esters is 1. The number of fused-ring (bicyclic) bond motifs is 1. The molecule has 0 spiro atoms. The van der Waals surface area contributed by atoms with Crippen molar-refractivity contribution < 1.29 is 19.1 Å². The Hall–Kier alpha value is -3.23. The van der Waals surface area contributed by atoms with E-state index >= 15 is 0 Å². The number of para-hydroxylation sites is 2. The van der Waals surface area contributed by atoms with Crippen LogP contribution in [0.5, 0.6) is 0 Å². The molecule has 3 rings (SSSR count). The van der Waals surface area contributed by atoms with Gasteiger partial charge in [-0.1, -0.05) is 12.1 Å². The lowest BCUT2D eigenvalue weighted by Gasteiger charge is -2.32. The molecule has 1 atom stereocenters. The van der Waals surface area contributed by atoms with Crippen LogP contribution in [0.3, 0.4) is 0 Å². The number of amides is 2. The maximum atomic E-state index is 12.7. The van der Waals surface area contributed by atoms with Gasteiger partial charge < -0.3 is 14.5 Å². The molecule has 0 N–H and O–H groups in total. The second-order valence-electron chi connectivity index (χ2n) is 7.35. The number of nitrogens with zero attached hydrogens (tertiary/aromatic N) is 4. The van der Waals surface area contributed by atoms with Gasteiger partial charge in [-0.15, -0.1) is 0 Å². The standard InChI is InChI=1S/C21H26N4O5/c1-3-30-21(29)15-7-6-10-24(12-15)20(28)13-23(2)19(27)14-25-17-9-5-4-8-16(17)22-11-18(25)26/h4-5,8-9,11,15H,3,6-7,10,12-14H2,1-2H3. The van der Waals surface area contributed by atoms with Crippen LogP contribution in [0.25, 0.3) is 11.0 Å². The van der Waals surface area contributed by atoms with Crippen molar-refractivity contribution in [2.24, 2.45) is 5.92 Å². The Labute approximate surface area is 174 Å². The highest BCUT2D eigenvalue weighted by atomic mass is 16.5. The maximum absolute atomic E-state index is 12.7. The Morgan fingerprint density at radius 2 is 2.03 bits per heavy atom. The van der Waals surface area contributed by atoms with Crippen LogP contribution in [0.15, 0.2) is 35.3 Å². The minimum absolute atomic E-state index is 0.119. The minimum Gasteiger partial charge on any atom is -0.466 e. The smallest absolute Gasteiger partial charge is 0.310 e. The second kappa shape index (κ2) is 9.51. The number of likely N-dealkylation sites (N-methyl/N-ethyl adjacent to an activating group) is 1. The van der Waals surface area contributed by atoms with Crippen LogP contribution < -0.4 is 5.56 Å². The molecule has 1 aromatic heterocycles. The highest BCUT2D eigenvalue weighted by Crippen LogP contribution is 2.18. The minimum atomic E-state index is -0.380. The Bertz CT molecular complexity index is 1000. The quantitative estimate of drug-likeness (QED) is 0.644. The summed E-state index contributed by atoms with van der Waals surface area (Å²) in [6.45, 7) is 2.60. The molecule has 1 aromatic carbocycles. The summed E-state index contributed by atoms with van der Waals surface area (Å²) in [6.07, 6.45) is 2.59. The largest absolute Gasteiger partial charge is 0.466 e. The summed E-state index contributed by atoms with van der Waals surface area (Å²) in [7, 11) is 1.53. The van der Waals surface area contributed by atoms with Crippen LogP contribution in [0, 0.1) is 5.92 Å². The van der Waals surface area contributed by atoms with Crippen LogP contribution in [0.4, 0.5) is 0 Å². The van der Waals surface area contributed by atoms with E-state index in [1.165, 1.54) is 22.7 Å². The van der Waals surface area contributed by atoms with Crippen molar-refractivity contribution in [3.63, 3.8) is 0 Å². The van der Waals surface area contributed by atoms with Gasteiger partial charge in [-0.25, -0.2) is 4.98 Å². The van der Waals surface area contributed by atoms with Crippen LogP contribution >= 0.6 is 0 Å². The summed E-state index contributed by atoms with van der Waals surface area (Å²) in [6, 6.07) is 7.07. The first-order valence-electron chi connectivity index (χ1n) is 10.0. The summed E-state index contributed by atoms with van der Waals surface area (Å²) < 4.78 is 6.41. The summed E-state index contributed by atoms with van der Waals surface area (Å²) >= 11 is 0. The summed E-state index contributed by atoms with van der Waals surface area (Å²) in [4.78, 5) is 56.5. The molecule has 9 heteroatoms. The van der Waals surface area contributed by atoms with Crippen LogP contribution in [-0.2, 0) is 25.7 Å². The van der Waals surface area contributed by atoms with Crippen LogP contribution in [0.2, 0.25) is 0 Å².